The number of hydrogen-bond donors (Lipinski definition) is 0. The Morgan fingerprint density at radius 1 is 1.19 bits per heavy atom. The van der Waals surface area contributed by atoms with Gasteiger partial charge in [-0.2, -0.15) is 0 Å². The van der Waals surface area contributed by atoms with E-state index in [1.54, 1.807) is 6.20 Å². The highest BCUT2D eigenvalue weighted by atomic mass is 32.2. The molecule has 136 valence electrons. The quantitative estimate of drug-likeness (QED) is 0.656. The topological polar surface area (TPSA) is 57.0 Å². The standard InChI is InChI=1S/C20H23N3O2S/c1-2-25-26(24)17-11-6-8-15(14-17)20-22-19-18(12-7-13-21-19)23(20)16-9-4-3-5-10-16/h6-8,11-14,16H,2-5,9-10H2,1H3. The van der Waals surface area contributed by atoms with Crippen LogP contribution >= 0.6 is 0 Å². The molecule has 1 atom stereocenters. The summed E-state index contributed by atoms with van der Waals surface area (Å²) in [4.78, 5) is 9.94. The summed E-state index contributed by atoms with van der Waals surface area (Å²) >= 11 is -1.45. The normalized spacial score (nSPS) is 16.8. The third kappa shape index (κ3) is 3.31. The van der Waals surface area contributed by atoms with Crippen LogP contribution in [-0.4, -0.2) is 25.4 Å². The van der Waals surface area contributed by atoms with E-state index in [-0.39, 0.29) is 0 Å². The highest BCUT2D eigenvalue weighted by molar-refractivity contribution is 7.80. The Hall–Kier alpha value is -2.05. The summed E-state index contributed by atoms with van der Waals surface area (Å²) in [6.07, 6.45) is 7.91. The van der Waals surface area contributed by atoms with Gasteiger partial charge in [-0.05, 0) is 44.0 Å². The van der Waals surface area contributed by atoms with Gasteiger partial charge in [0.05, 0.1) is 17.0 Å². The van der Waals surface area contributed by atoms with Crippen molar-refractivity contribution in [1.29, 1.82) is 0 Å². The molecule has 4 rings (SSSR count). The number of pyridine rings is 1. The van der Waals surface area contributed by atoms with E-state index in [1.807, 2.05) is 37.3 Å². The molecule has 0 radical (unpaired) electrons. The molecule has 3 aromatic rings. The largest absolute Gasteiger partial charge is 0.319 e. The molecule has 6 heteroatoms. The average molecular weight is 369 g/mol. The van der Waals surface area contributed by atoms with Crippen molar-refractivity contribution < 1.29 is 8.39 Å². The summed E-state index contributed by atoms with van der Waals surface area (Å²) in [5.41, 5.74) is 2.80. The smallest absolute Gasteiger partial charge is 0.189 e. The molecule has 0 aliphatic heterocycles. The van der Waals surface area contributed by atoms with E-state index in [9.17, 15) is 4.21 Å². The molecule has 2 heterocycles. The molecular weight excluding hydrogens is 346 g/mol. The second-order valence-electron chi connectivity index (χ2n) is 6.61. The summed E-state index contributed by atoms with van der Waals surface area (Å²) in [6.45, 7) is 2.26. The van der Waals surface area contributed by atoms with Crippen LogP contribution in [0.5, 0.6) is 0 Å². The van der Waals surface area contributed by atoms with Crippen molar-refractivity contribution in [1.82, 2.24) is 14.5 Å². The van der Waals surface area contributed by atoms with Crippen molar-refractivity contribution in [3.63, 3.8) is 0 Å². The summed E-state index contributed by atoms with van der Waals surface area (Å²) < 4.78 is 19.8. The Morgan fingerprint density at radius 2 is 2.04 bits per heavy atom. The van der Waals surface area contributed by atoms with Gasteiger partial charge in [-0.3, -0.25) is 4.18 Å². The van der Waals surface area contributed by atoms with Crippen LogP contribution in [0.15, 0.2) is 47.5 Å². The lowest BCUT2D eigenvalue weighted by molar-refractivity contribution is 0.362. The first-order chi connectivity index (χ1) is 12.8. The molecule has 2 aromatic heterocycles. The predicted octanol–water partition coefficient (Wildman–Crippen LogP) is 4.66. The minimum Gasteiger partial charge on any atom is -0.319 e. The zero-order valence-corrected chi connectivity index (χ0v) is 15.7. The second-order valence-corrected chi connectivity index (χ2v) is 7.79. The van der Waals surface area contributed by atoms with E-state index in [1.165, 1.54) is 19.3 Å². The van der Waals surface area contributed by atoms with Gasteiger partial charge in [0.15, 0.2) is 16.7 Å². The molecule has 5 nitrogen and oxygen atoms in total. The molecule has 1 aromatic carbocycles. The third-order valence-electron chi connectivity index (χ3n) is 4.92. The number of hydrogen-bond acceptors (Lipinski definition) is 4. The van der Waals surface area contributed by atoms with Crippen molar-refractivity contribution in [2.45, 2.75) is 50.0 Å². The average Bonchev–Trinajstić information content (AvgIpc) is 3.08. The van der Waals surface area contributed by atoms with Gasteiger partial charge in [0.25, 0.3) is 0 Å². The maximum absolute atomic E-state index is 12.2. The van der Waals surface area contributed by atoms with E-state index in [0.717, 1.165) is 35.4 Å². The van der Waals surface area contributed by atoms with Gasteiger partial charge < -0.3 is 4.57 Å². The van der Waals surface area contributed by atoms with Crippen LogP contribution in [0.25, 0.3) is 22.6 Å². The molecule has 0 bridgehead atoms. The molecule has 0 spiro atoms. The van der Waals surface area contributed by atoms with Crippen LogP contribution in [0.3, 0.4) is 0 Å². The molecule has 0 saturated heterocycles. The fourth-order valence-electron chi connectivity index (χ4n) is 3.76. The van der Waals surface area contributed by atoms with Crippen LogP contribution < -0.4 is 0 Å². The highest BCUT2D eigenvalue weighted by Gasteiger charge is 2.23. The molecular formula is C20H23N3O2S. The SMILES string of the molecule is CCOS(=O)c1cccc(-c2nc3ncccc3n2C2CCCCC2)c1. The summed E-state index contributed by atoms with van der Waals surface area (Å²) in [7, 11) is 0. The maximum atomic E-state index is 12.2. The van der Waals surface area contributed by atoms with Gasteiger partial charge in [-0.25, -0.2) is 14.2 Å². The number of nitrogens with zero attached hydrogens (tertiary/aromatic N) is 3. The van der Waals surface area contributed by atoms with Crippen molar-refractivity contribution in [3.8, 4) is 11.4 Å². The Morgan fingerprint density at radius 3 is 2.85 bits per heavy atom. The van der Waals surface area contributed by atoms with Crippen LogP contribution in [0.4, 0.5) is 0 Å². The highest BCUT2D eigenvalue weighted by Crippen LogP contribution is 2.35. The minimum atomic E-state index is -1.45. The third-order valence-corrected chi connectivity index (χ3v) is 6.00. The van der Waals surface area contributed by atoms with Gasteiger partial charge in [-0.1, -0.05) is 31.4 Å². The summed E-state index contributed by atoms with van der Waals surface area (Å²) in [5.74, 6) is 0.904. The number of imidazole rings is 1. The van der Waals surface area contributed by atoms with Crippen molar-refractivity contribution >= 4 is 22.2 Å². The lowest BCUT2D eigenvalue weighted by atomic mass is 9.95. The fraction of sp³-hybridized carbons (Fsp3) is 0.400. The monoisotopic (exact) mass is 369 g/mol. The van der Waals surface area contributed by atoms with Crippen LogP contribution in [0, 0.1) is 0 Å². The first-order valence-electron chi connectivity index (χ1n) is 9.26. The lowest BCUT2D eigenvalue weighted by Crippen LogP contribution is -2.14. The molecule has 0 amide bonds. The number of benzene rings is 1. The summed E-state index contributed by atoms with van der Waals surface area (Å²) in [5, 5.41) is 0. The minimum absolute atomic E-state index is 0.418. The van der Waals surface area contributed by atoms with E-state index < -0.39 is 11.1 Å². The van der Waals surface area contributed by atoms with Gasteiger partial charge in [0.2, 0.25) is 0 Å². The van der Waals surface area contributed by atoms with Gasteiger partial charge in [0.1, 0.15) is 5.82 Å². The molecule has 1 fully saturated rings. The van der Waals surface area contributed by atoms with Crippen LogP contribution in [0.2, 0.25) is 0 Å². The van der Waals surface area contributed by atoms with E-state index in [4.69, 9.17) is 9.17 Å². The zero-order chi connectivity index (χ0) is 17.9. The van der Waals surface area contributed by atoms with Crippen molar-refractivity contribution in [2.75, 3.05) is 6.61 Å². The Bertz CT molecular complexity index is 932. The van der Waals surface area contributed by atoms with Gasteiger partial charge >= 0.3 is 0 Å². The van der Waals surface area contributed by atoms with Crippen molar-refractivity contribution in [3.05, 3.63) is 42.6 Å². The van der Waals surface area contributed by atoms with E-state index in [0.29, 0.717) is 17.5 Å². The van der Waals surface area contributed by atoms with Gasteiger partial charge in [-0.15, -0.1) is 0 Å². The Labute approximate surface area is 156 Å². The Kier molecular flexibility index (Phi) is 5.13. The molecule has 1 aliphatic rings. The lowest BCUT2D eigenvalue weighted by Gasteiger charge is -2.25. The molecule has 1 aliphatic carbocycles. The predicted molar refractivity (Wildman–Crippen MR) is 103 cm³/mol. The molecule has 1 saturated carbocycles. The molecule has 1 unspecified atom stereocenters. The first-order valence-corrected chi connectivity index (χ1v) is 10.3. The number of rotatable bonds is 5. The zero-order valence-electron chi connectivity index (χ0n) is 14.9. The van der Waals surface area contributed by atoms with Crippen LogP contribution in [0.1, 0.15) is 45.1 Å². The first kappa shape index (κ1) is 17.4. The van der Waals surface area contributed by atoms with Crippen molar-refractivity contribution in [2.24, 2.45) is 0 Å². The second kappa shape index (κ2) is 7.68. The Balaban J connectivity index is 1.83. The molecule has 0 N–H and O–H groups in total. The number of aromatic nitrogens is 3. The van der Waals surface area contributed by atoms with E-state index >= 15 is 0 Å². The maximum Gasteiger partial charge on any atom is 0.189 e. The molecule has 26 heavy (non-hydrogen) atoms. The number of fused-ring (bicyclic) bond motifs is 1. The van der Waals surface area contributed by atoms with Gasteiger partial charge in [0, 0.05) is 17.8 Å². The fourth-order valence-corrected chi connectivity index (χ4v) is 4.52. The summed E-state index contributed by atoms with van der Waals surface area (Å²) in [6, 6.07) is 12.2. The van der Waals surface area contributed by atoms with Crippen LogP contribution in [-0.2, 0) is 15.3 Å². The van der Waals surface area contributed by atoms with E-state index in [2.05, 4.69) is 15.6 Å².